The number of nitrogens with zero attached hydrogens (tertiary/aromatic N) is 2. The molecular weight excluding hydrogens is 260 g/mol. The van der Waals surface area contributed by atoms with Gasteiger partial charge in [-0.1, -0.05) is 30.3 Å². The molecule has 2 aromatic rings. The number of aromatic nitrogens is 1. The molecule has 2 rings (SSSR count). The second-order valence-corrected chi connectivity index (χ2v) is 5.07. The number of carbonyl (C=O) groups excluding carboxylic acids is 1. The number of amides is 1. The van der Waals surface area contributed by atoms with Gasteiger partial charge in [-0.2, -0.15) is 0 Å². The summed E-state index contributed by atoms with van der Waals surface area (Å²) in [7, 11) is 1.84. The van der Waals surface area contributed by atoms with E-state index in [1.807, 2.05) is 62.5 Å². The minimum atomic E-state index is 0.0629. The number of hydrogen-bond acceptors (Lipinski definition) is 2. The third-order valence-corrected chi connectivity index (χ3v) is 3.35. The van der Waals surface area contributed by atoms with Gasteiger partial charge in [0.25, 0.3) is 0 Å². The van der Waals surface area contributed by atoms with E-state index in [2.05, 4.69) is 4.98 Å². The highest BCUT2D eigenvalue weighted by Crippen LogP contribution is 2.09. The molecule has 0 saturated carbocycles. The van der Waals surface area contributed by atoms with Gasteiger partial charge in [0.15, 0.2) is 0 Å². The van der Waals surface area contributed by atoms with Crippen molar-refractivity contribution in [2.75, 3.05) is 13.6 Å². The molecule has 0 spiro atoms. The van der Waals surface area contributed by atoms with Crippen molar-refractivity contribution in [1.82, 2.24) is 9.88 Å². The van der Waals surface area contributed by atoms with E-state index >= 15 is 0 Å². The standard InChI is InChI=1S/C18H20N2O/c1-15(14-17-6-4-3-5-7-17)18(21)20(2)13-10-16-8-11-19-12-9-16/h3-9,11-12,14H,10,13H2,1-2H3/b15-14+. The van der Waals surface area contributed by atoms with E-state index in [0.29, 0.717) is 6.54 Å². The van der Waals surface area contributed by atoms with Gasteiger partial charge in [-0.25, -0.2) is 0 Å². The van der Waals surface area contributed by atoms with Crippen LogP contribution in [-0.2, 0) is 11.2 Å². The van der Waals surface area contributed by atoms with Crippen LogP contribution >= 0.6 is 0 Å². The summed E-state index contributed by atoms with van der Waals surface area (Å²) in [5.41, 5.74) is 2.98. The Kier molecular flexibility index (Phi) is 5.27. The Morgan fingerprint density at radius 2 is 1.81 bits per heavy atom. The molecule has 0 N–H and O–H groups in total. The molecule has 0 aliphatic carbocycles. The van der Waals surface area contributed by atoms with Gasteiger partial charge in [0.1, 0.15) is 0 Å². The number of benzene rings is 1. The van der Waals surface area contributed by atoms with Crippen LogP contribution in [0.25, 0.3) is 6.08 Å². The smallest absolute Gasteiger partial charge is 0.249 e. The lowest BCUT2D eigenvalue weighted by atomic mass is 10.1. The SMILES string of the molecule is C/C(=C\c1ccccc1)C(=O)N(C)CCc1ccncc1. The summed E-state index contributed by atoms with van der Waals surface area (Å²) >= 11 is 0. The predicted octanol–water partition coefficient (Wildman–Crippen LogP) is 3.19. The highest BCUT2D eigenvalue weighted by molar-refractivity contribution is 5.97. The Morgan fingerprint density at radius 1 is 1.14 bits per heavy atom. The number of rotatable bonds is 5. The zero-order valence-corrected chi connectivity index (χ0v) is 12.5. The van der Waals surface area contributed by atoms with Crippen LogP contribution in [-0.4, -0.2) is 29.4 Å². The molecular formula is C18H20N2O. The fourth-order valence-corrected chi connectivity index (χ4v) is 2.11. The Hall–Kier alpha value is -2.42. The molecule has 0 unspecified atom stereocenters. The van der Waals surface area contributed by atoms with Crippen molar-refractivity contribution >= 4 is 12.0 Å². The van der Waals surface area contributed by atoms with Crippen LogP contribution in [0.3, 0.4) is 0 Å². The minimum Gasteiger partial charge on any atom is -0.342 e. The quantitative estimate of drug-likeness (QED) is 0.788. The Morgan fingerprint density at radius 3 is 2.48 bits per heavy atom. The molecule has 3 nitrogen and oxygen atoms in total. The fraction of sp³-hybridized carbons (Fsp3) is 0.222. The first kappa shape index (κ1) is 15.0. The molecule has 0 aliphatic heterocycles. The minimum absolute atomic E-state index is 0.0629. The topological polar surface area (TPSA) is 33.2 Å². The molecule has 0 saturated heterocycles. The van der Waals surface area contributed by atoms with Crippen LogP contribution in [0.15, 0.2) is 60.4 Å². The van der Waals surface area contributed by atoms with Crippen LogP contribution < -0.4 is 0 Å². The summed E-state index contributed by atoms with van der Waals surface area (Å²) in [5.74, 6) is 0.0629. The molecule has 0 fully saturated rings. The molecule has 0 radical (unpaired) electrons. The molecule has 1 aromatic heterocycles. The van der Waals surface area contributed by atoms with Crippen LogP contribution in [0.4, 0.5) is 0 Å². The summed E-state index contributed by atoms with van der Waals surface area (Å²) < 4.78 is 0. The molecule has 0 bridgehead atoms. The third-order valence-electron chi connectivity index (χ3n) is 3.35. The van der Waals surface area contributed by atoms with Crippen molar-refractivity contribution < 1.29 is 4.79 Å². The molecule has 3 heteroatoms. The van der Waals surface area contributed by atoms with E-state index in [1.54, 1.807) is 17.3 Å². The van der Waals surface area contributed by atoms with E-state index in [4.69, 9.17) is 0 Å². The van der Waals surface area contributed by atoms with E-state index < -0.39 is 0 Å². The van der Waals surface area contributed by atoms with Crippen LogP contribution in [0.2, 0.25) is 0 Å². The molecule has 0 aliphatic rings. The summed E-state index contributed by atoms with van der Waals surface area (Å²) in [4.78, 5) is 18.1. The maximum Gasteiger partial charge on any atom is 0.249 e. The molecule has 108 valence electrons. The normalized spacial score (nSPS) is 11.2. The van der Waals surface area contributed by atoms with Gasteiger partial charge in [-0.05, 0) is 42.7 Å². The van der Waals surface area contributed by atoms with Crippen molar-refractivity contribution in [3.05, 3.63) is 71.6 Å². The monoisotopic (exact) mass is 280 g/mol. The van der Waals surface area contributed by atoms with Gasteiger partial charge < -0.3 is 4.90 Å². The van der Waals surface area contributed by atoms with Gasteiger partial charge in [0.2, 0.25) is 5.91 Å². The van der Waals surface area contributed by atoms with Crippen LogP contribution in [0.1, 0.15) is 18.1 Å². The first-order chi connectivity index (χ1) is 10.2. The Labute approximate surface area is 125 Å². The number of pyridine rings is 1. The first-order valence-electron chi connectivity index (χ1n) is 7.04. The summed E-state index contributed by atoms with van der Waals surface area (Å²) in [6, 6.07) is 13.8. The molecule has 1 aromatic carbocycles. The van der Waals surface area contributed by atoms with Gasteiger partial charge in [-0.3, -0.25) is 9.78 Å². The van der Waals surface area contributed by atoms with Crippen molar-refractivity contribution in [2.45, 2.75) is 13.3 Å². The molecule has 21 heavy (non-hydrogen) atoms. The zero-order valence-electron chi connectivity index (χ0n) is 12.5. The fourth-order valence-electron chi connectivity index (χ4n) is 2.11. The van der Waals surface area contributed by atoms with Crippen LogP contribution in [0.5, 0.6) is 0 Å². The van der Waals surface area contributed by atoms with E-state index in [1.165, 1.54) is 5.56 Å². The largest absolute Gasteiger partial charge is 0.342 e. The zero-order chi connectivity index (χ0) is 15.1. The Balaban J connectivity index is 1.94. The Bertz CT molecular complexity index is 606. The molecule has 1 heterocycles. The summed E-state index contributed by atoms with van der Waals surface area (Å²) in [6.45, 7) is 2.56. The second kappa shape index (κ2) is 7.39. The van der Waals surface area contributed by atoms with E-state index in [9.17, 15) is 4.79 Å². The number of likely N-dealkylation sites (N-methyl/N-ethyl adjacent to an activating group) is 1. The lowest BCUT2D eigenvalue weighted by Crippen LogP contribution is -2.29. The predicted molar refractivity (Wildman–Crippen MR) is 85.7 cm³/mol. The average molecular weight is 280 g/mol. The van der Waals surface area contributed by atoms with Gasteiger partial charge in [0.05, 0.1) is 0 Å². The molecule has 0 atom stereocenters. The first-order valence-corrected chi connectivity index (χ1v) is 7.04. The maximum atomic E-state index is 12.3. The number of carbonyl (C=O) groups is 1. The maximum absolute atomic E-state index is 12.3. The highest BCUT2D eigenvalue weighted by Gasteiger charge is 2.10. The highest BCUT2D eigenvalue weighted by atomic mass is 16.2. The van der Waals surface area contributed by atoms with Crippen molar-refractivity contribution in [2.24, 2.45) is 0 Å². The molecule has 1 amide bonds. The lowest BCUT2D eigenvalue weighted by molar-refractivity contribution is -0.125. The van der Waals surface area contributed by atoms with Gasteiger partial charge >= 0.3 is 0 Å². The van der Waals surface area contributed by atoms with Gasteiger partial charge in [-0.15, -0.1) is 0 Å². The number of hydrogen-bond donors (Lipinski definition) is 0. The third kappa shape index (κ3) is 4.56. The summed E-state index contributed by atoms with van der Waals surface area (Å²) in [6.07, 6.45) is 6.31. The van der Waals surface area contributed by atoms with Crippen molar-refractivity contribution in [1.29, 1.82) is 0 Å². The van der Waals surface area contributed by atoms with E-state index in [0.717, 1.165) is 17.6 Å². The summed E-state index contributed by atoms with van der Waals surface area (Å²) in [5, 5.41) is 0. The van der Waals surface area contributed by atoms with Crippen molar-refractivity contribution in [3.8, 4) is 0 Å². The second-order valence-electron chi connectivity index (χ2n) is 5.07. The lowest BCUT2D eigenvalue weighted by Gasteiger charge is -2.17. The average Bonchev–Trinajstić information content (AvgIpc) is 2.53. The van der Waals surface area contributed by atoms with Gasteiger partial charge in [0, 0.05) is 31.6 Å². The van der Waals surface area contributed by atoms with E-state index in [-0.39, 0.29) is 5.91 Å². The van der Waals surface area contributed by atoms with Crippen molar-refractivity contribution in [3.63, 3.8) is 0 Å². The van der Waals surface area contributed by atoms with Crippen LogP contribution in [0, 0.1) is 0 Å².